The van der Waals surface area contributed by atoms with Crippen molar-refractivity contribution < 1.29 is 18.5 Å². The number of hydrogen-bond donors (Lipinski definition) is 1. The van der Waals surface area contributed by atoms with E-state index < -0.39 is 10.8 Å². The smallest absolute Gasteiger partial charge is 0.234 e. The molecule has 0 aliphatic heterocycles. The van der Waals surface area contributed by atoms with Gasteiger partial charge in [0, 0.05) is 60.0 Å². The van der Waals surface area contributed by atoms with Crippen LogP contribution in [-0.2, 0) is 10.8 Å². The molecule has 4 rings (SSSR count). The van der Waals surface area contributed by atoms with Crippen LogP contribution in [0, 0.1) is 5.82 Å². The van der Waals surface area contributed by atoms with Crippen LogP contribution < -0.4 is 0 Å². The SMILES string of the molecule is CS(=O)c1cn(-c2ncc(-c3ccccc3F)cn2)c2cc(C(=O)CCCO)ccc12. The highest BCUT2D eigenvalue weighted by Gasteiger charge is 2.17. The largest absolute Gasteiger partial charge is 0.396 e. The molecule has 2 heterocycles. The second kappa shape index (κ2) is 8.87. The maximum absolute atomic E-state index is 14.1. The summed E-state index contributed by atoms with van der Waals surface area (Å²) in [5, 5.41) is 9.72. The normalized spacial score (nSPS) is 12.2. The van der Waals surface area contributed by atoms with Crippen LogP contribution >= 0.6 is 0 Å². The van der Waals surface area contributed by atoms with Crippen LogP contribution in [0.15, 0.2) is 66.0 Å². The van der Waals surface area contributed by atoms with E-state index in [1.807, 2.05) is 0 Å². The first kappa shape index (κ1) is 21.0. The standard InChI is InChI=1S/C23H20FN3O3S/c1-31(30)22-14-27(20-11-15(8-9-18(20)22)21(29)7-4-10-28)23-25-12-16(13-26-23)17-5-2-3-6-19(17)24/h2-3,5-6,8-9,11-14,28H,4,7,10H2,1H3. The highest BCUT2D eigenvalue weighted by molar-refractivity contribution is 7.84. The number of ketones is 1. The van der Waals surface area contributed by atoms with Crippen LogP contribution in [0.3, 0.4) is 0 Å². The molecule has 2 aromatic carbocycles. The van der Waals surface area contributed by atoms with Gasteiger partial charge in [-0.1, -0.05) is 30.3 Å². The van der Waals surface area contributed by atoms with E-state index in [0.717, 1.165) is 5.39 Å². The molecule has 158 valence electrons. The van der Waals surface area contributed by atoms with E-state index in [1.165, 1.54) is 18.5 Å². The van der Waals surface area contributed by atoms with Crippen molar-refractivity contribution in [2.24, 2.45) is 0 Å². The summed E-state index contributed by atoms with van der Waals surface area (Å²) in [6, 6.07) is 11.6. The molecule has 0 saturated carbocycles. The number of aliphatic hydroxyl groups excluding tert-OH is 1. The van der Waals surface area contributed by atoms with Crippen molar-refractivity contribution in [2.45, 2.75) is 17.7 Å². The monoisotopic (exact) mass is 437 g/mol. The Morgan fingerprint density at radius 2 is 1.90 bits per heavy atom. The van der Waals surface area contributed by atoms with Crippen LogP contribution in [0.5, 0.6) is 0 Å². The summed E-state index contributed by atoms with van der Waals surface area (Å²) in [5.41, 5.74) is 2.09. The quantitative estimate of drug-likeness (QED) is 0.443. The van der Waals surface area contributed by atoms with Crippen LogP contribution in [0.2, 0.25) is 0 Å². The van der Waals surface area contributed by atoms with E-state index in [2.05, 4.69) is 9.97 Å². The highest BCUT2D eigenvalue weighted by Crippen LogP contribution is 2.28. The van der Waals surface area contributed by atoms with E-state index in [0.29, 0.717) is 39.5 Å². The molecule has 0 amide bonds. The van der Waals surface area contributed by atoms with Gasteiger partial charge in [0.25, 0.3) is 0 Å². The second-order valence-electron chi connectivity index (χ2n) is 7.05. The molecule has 0 spiro atoms. The molecule has 1 atom stereocenters. The Labute approximate surface area is 180 Å². The fraction of sp³-hybridized carbons (Fsp3) is 0.174. The fourth-order valence-electron chi connectivity index (χ4n) is 3.43. The molecule has 0 radical (unpaired) electrons. The number of aliphatic hydroxyl groups is 1. The molecule has 0 aliphatic carbocycles. The lowest BCUT2D eigenvalue weighted by Crippen LogP contribution is -2.02. The summed E-state index contributed by atoms with van der Waals surface area (Å²) in [7, 11) is -1.26. The lowest BCUT2D eigenvalue weighted by atomic mass is 10.1. The van der Waals surface area contributed by atoms with Crippen LogP contribution in [0.25, 0.3) is 28.0 Å². The predicted octanol–water partition coefficient (Wildman–Crippen LogP) is 3.92. The number of fused-ring (bicyclic) bond motifs is 1. The predicted molar refractivity (Wildman–Crippen MR) is 117 cm³/mol. The molecule has 0 fully saturated rings. The van der Waals surface area contributed by atoms with Gasteiger partial charge in [0.2, 0.25) is 5.95 Å². The number of benzene rings is 2. The number of carbonyl (C=O) groups excluding carboxylic acids is 1. The van der Waals surface area contributed by atoms with E-state index in [9.17, 15) is 13.4 Å². The van der Waals surface area contributed by atoms with Crippen molar-refractivity contribution in [3.63, 3.8) is 0 Å². The van der Waals surface area contributed by atoms with Crippen molar-refractivity contribution >= 4 is 27.5 Å². The first-order chi connectivity index (χ1) is 15.0. The topological polar surface area (TPSA) is 85.1 Å². The Kier molecular flexibility index (Phi) is 6.01. The van der Waals surface area contributed by atoms with E-state index in [1.54, 1.807) is 53.4 Å². The third kappa shape index (κ3) is 4.17. The molecule has 1 unspecified atom stereocenters. The minimum atomic E-state index is -1.26. The van der Waals surface area contributed by atoms with Gasteiger partial charge < -0.3 is 5.11 Å². The maximum atomic E-state index is 14.1. The summed E-state index contributed by atoms with van der Waals surface area (Å²) in [4.78, 5) is 21.8. The van der Waals surface area contributed by atoms with Crippen molar-refractivity contribution in [3.8, 4) is 17.1 Å². The summed E-state index contributed by atoms with van der Waals surface area (Å²) in [6.45, 7) is -0.0501. The molecule has 2 aromatic heterocycles. The maximum Gasteiger partial charge on any atom is 0.234 e. The van der Waals surface area contributed by atoms with Gasteiger partial charge in [-0.2, -0.15) is 0 Å². The van der Waals surface area contributed by atoms with Gasteiger partial charge in [0.05, 0.1) is 21.2 Å². The number of hydrogen-bond acceptors (Lipinski definition) is 5. The molecule has 0 bridgehead atoms. The Balaban J connectivity index is 1.79. The number of rotatable bonds is 7. The average Bonchev–Trinajstić information content (AvgIpc) is 3.17. The molecule has 0 aliphatic rings. The lowest BCUT2D eigenvalue weighted by Gasteiger charge is -2.07. The number of Topliss-reactive ketones (excluding diaryl/α,β-unsaturated/α-hetero) is 1. The van der Waals surface area contributed by atoms with Crippen molar-refractivity contribution in [2.75, 3.05) is 12.9 Å². The Bertz CT molecular complexity index is 1290. The van der Waals surface area contributed by atoms with Gasteiger partial charge in [0.1, 0.15) is 5.82 Å². The van der Waals surface area contributed by atoms with Gasteiger partial charge in [-0.3, -0.25) is 13.6 Å². The Morgan fingerprint density at radius 1 is 1.16 bits per heavy atom. The summed E-state index contributed by atoms with van der Waals surface area (Å²) in [5.74, 6) is -0.125. The van der Waals surface area contributed by atoms with Crippen molar-refractivity contribution in [1.29, 1.82) is 0 Å². The van der Waals surface area contributed by atoms with Gasteiger partial charge in [-0.15, -0.1) is 0 Å². The van der Waals surface area contributed by atoms with Crippen molar-refractivity contribution in [1.82, 2.24) is 14.5 Å². The van der Waals surface area contributed by atoms with E-state index >= 15 is 0 Å². The first-order valence-corrected chi connectivity index (χ1v) is 11.3. The molecule has 1 N–H and O–H groups in total. The van der Waals surface area contributed by atoms with Gasteiger partial charge in [-0.25, -0.2) is 14.4 Å². The van der Waals surface area contributed by atoms with E-state index in [-0.39, 0.29) is 24.6 Å². The van der Waals surface area contributed by atoms with Crippen LogP contribution in [0.1, 0.15) is 23.2 Å². The molecule has 31 heavy (non-hydrogen) atoms. The number of carbonyl (C=O) groups is 1. The van der Waals surface area contributed by atoms with Gasteiger partial charge in [0.15, 0.2) is 5.78 Å². The van der Waals surface area contributed by atoms with Gasteiger partial charge in [-0.05, 0) is 18.6 Å². The molecule has 4 aromatic rings. The zero-order chi connectivity index (χ0) is 22.0. The lowest BCUT2D eigenvalue weighted by molar-refractivity contribution is 0.0971. The first-order valence-electron chi connectivity index (χ1n) is 9.69. The summed E-state index contributed by atoms with van der Waals surface area (Å²) < 4.78 is 28.0. The number of nitrogens with zero attached hydrogens (tertiary/aromatic N) is 3. The third-order valence-corrected chi connectivity index (χ3v) is 5.95. The van der Waals surface area contributed by atoms with E-state index in [4.69, 9.17) is 5.11 Å². The Morgan fingerprint density at radius 3 is 2.58 bits per heavy atom. The highest BCUT2D eigenvalue weighted by atomic mass is 32.2. The third-order valence-electron chi connectivity index (χ3n) is 5.00. The van der Waals surface area contributed by atoms with Crippen LogP contribution in [0.4, 0.5) is 4.39 Å². The molecular formula is C23H20FN3O3S. The molecular weight excluding hydrogens is 417 g/mol. The van der Waals surface area contributed by atoms with Crippen LogP contribution in [-0.4, -0.2) is 42.5 Å². The summed E-state index contributed by atoms with van der Waals surface area (Å²) in [6.07, 6.45) is 6.98. The molecule has 8 heteroatoms. The average molecular weight is 437 g/mol. The zero-order valence-electron chi connectivity index (χ0n) is 16.8. The molecule has 6 nitrogen and oxygen atoms in total. The number of aromatic nitrogens is 3. The zero-order valence-corrected chi connectivity index (χ0v) is 17.6. The van der Waals surface area contributed by atoms with Gasteiger partial charge >= 0.3 is 0 Å². The van der Waals surface area contributed by atoms with Crippen molar-refractivity contribution in [3.05, 3.63) is 72.4 Å². The minimum Gasteiger partial charge on any atom is -0.396 e. The molecule has 0 saturated heterocycles. The summed E-state index contributed by atoms with van der Waals surface area (Å²) >= 11 is 0. The Hall–Kier alpha value is -3.23. The minimum absolute atomic E-state index is 0.0501. The number of halogens is 1. The fourth-order valence-corrected chi connectivity index (χ4v) is 4.16. The second-order valence-corrected chi connectivity index (χ2v) is 8.40.